The molecule has 0 aliphatic rings. The molecule has 0 amide bonds. The van der Waals surface area contributed by atoms with Gasteiger partial charge in [0.05, 0.1) is 16.3 Å². The van der Waals surface area contributed by atoms with Gasteiger partial charge in [0.25, 0.3) is 0 Å². The fourth-order valence-electron chi connectivity index (χ4n) is 1.95. The molecular formula is C15H12F3NO3S2. The van der Waals surface area contributed by atoms with Gasteiger partial charge in [-0.25, -0.2) is 13.4 Å². The van der Waals surface area contributed by atoms with Gasteiger partial charge in [-0.2, -0.15) is 13.2 Å². The topological polar surface area (TPSA) is 64.1 Å². The molecule has 9 heteroatoms. The molecule has 24 heavy (non-hydrogen) atoms. The SMILES string of the molecule is CCS(=O)(=O)c1ccc(C=O)nc1-c1ccc(SC(F)(F)F)cc1. The summed E-state index contributed by atoms with van der Waals surface area (Å²) in [6, 6.07) is 7.71. The molecule has 0 atom stereocenters. The number of rotatable bonds is 5. The third-order valence-electron chi connectivity index (χ3n) is 3.08. The number of thioether (sulfide) groups is 1. The molecule has 128 valence electrons. The Morgan fingerprint density at radius 3 is 2.25 bits per heavy atom. The number of benzene rings is 1. The van der Waals surface area contributed by atoms with E-state index in [1.165, 1.54) is 43.3 Å². The molecule has 2 rings (SSSR count). The predicted molar refractivity (Wildman–Crippen MR) is 84.7 cm³/mol. The van der Waals surface area contributed by atoms with Crippen LogP contribution in [0.4, 0.5) is 13.2 Å². The van der Waals surface area contributed by atoms with E-state index in [2.05, 4.69) is 4.98 Å². The van der Waals surface area contributed by atoms with Crippen LogP contribution < -0.4 is 0 Å². The third-order valence-corrected chi connectivity index (χ3v) is 5.58. The number of pyridine rings is 1. The zero-order valence-electron chi connectivity index (χ0n) is 12.4. The highest BCUT2D eigenvalue weighted by Crippen LogP contribution is 2.37. The largest absolute Gasteiger partial charge is 0.446 e. The maximum Gasteiger partial charge on any atom is 0.446 e. The van der Waals surface area contributed by atoms with Gasteiger partial charge in [-0.3, -0.25) is 4.79 Å². The lowest BCUT2D eigenvalue weighted by atomic mass is 10.1. The minimum atomic E-state index is -4.41. The van der Waals surface area contributed by atoms with Crippen LogP contribution >= 0.6 is 11.8 Å². The smallest absolute Gasteiger partial charge is 0.296 e. The van der Waals surface area contributed by atoms with Gasteiger partial charge >= 0.3 is 5.51 Å². The monoisotopic (exact) mass is 375 g/mol. The van der Waals surface area contributed by atoms with Gasteiger partial charge in [0.1, 0.15) is 5.69 Å². The summed E-state index contributed by atoms with van der Waals surface area (Å²) >= 11 is -0.268. The number of halogens is 3. The van der Waals surface area contributed by atoms with Crippen molar-refractivity contribution in [2.24, 2.45) is 0 Å². The van der Waals surface area contributed by atoms with Crippen molar-refractivity contribution < 1.29 is 26.4 Å². The molecule has 0 saturated carbocycles. The second-order valence-corrected chi connectivity index (χ2v) is 8.06. The first-order valence-corrected chi connectivity index (χ1v) is 9.18. The molecule has 0 saturated heterocycles. The molecule has 2 aromatic rings. The number of sulfone groups is 1. The van der Waals surface area contributed by atoms with E-state index in [-0.39, 0.29) is 38.7 Å². The van der Waals surface area contributed by atoms with Gasteiger partial charge in [0.2, 0.25) is 0 Å². The maximum absolute atomic E-state index is 12.4. The first kappa shape index (κ1) is 18.5. The van der Waals surface area contributed by atoms with Crippen molar-refractivity contribution in [3.05, 3.63) is 42.1 Å². The van der Waals surface area contributed by atoms with Gasteiger partial charge < -0.3 is 0 Å². The molecule has 0 spiro atoms. The van der Waals surface area contributed by atoms with E-state index in [0.29, 0.717) is 11.8 Å². The molecule has 1 heterocycles. The number of hydrogen-bond donors (Lipinski definition) is 0. The van der Waals surface area contributed by atoms with E-state index in [4.69, 9.17) is 0 Å². The Bertz CT molecular complexity index is 847. The molecule has 4 nitrogen and oxygen atoms in total. The first-order valence-electron chi connectivity index (χ1n) is 6.71. The highest BCUT2D eigenvalue weighted by atomic mass is 32.2. The first-order chi connectivity index (χ1) is 11.2. The number of alkyl halides is 3. The standard InChI is InChI=1S/C15H12F3NO3S2/c1-2-24(21,22)13-8-5-11(9-20)19-14(13)10-3-6-12(7-4-10)23-15(16,17)18/h3-9H,2H2,1H3. The normalized spacial score (nSPS) is 12.2. The quantitative estimate of drug-likeness (QED) is 0.585. The van der Waals surface area contributed by atoms with Gasteiger partial charge in [0, 0.05) is 10.5 Å². The van der Waals surface area contributed by atoms with Crippen LogP contribution in [0.1, 0.15) is 17.4 Å². The number of carbonyl (C=O) groups is 1. The molecule has 0 unspecified atom stereocenters. The Hall–Kier alpha value is -1.87. The molecule has 1 aromatic carbocycles. The zero-order chi connectivity index (χ0) is 18.0. The van der Waals surface area contributed by atoms with Crippen LogP contribution in [0.15, 0.2) is 46.2 Å². The van der Waals surface area contributed by atoms with Crippen LogP contribution in [0.2, 0.25) is 0 Å². The molecule has 0 radical (unpaired) electrons. The minimum absolute atomic E-state index is 0.0299. The predicted octanol–water partition coefficient (Wildman–Crippen LogP) is 3.97. The molecule has 0 bridgehead atoms. The number of carbonyl (C=O) groups excluding carboxylic acids is 1. The Morgan fingerprint density at radius 2 is 1.75 bits per heavy atom. The summed E-state index contributed by atoms with van der Waals surface area (Å²) in [5, 5.41) is 0. The van der Waals surface area contributed by atoms with Crippen molar-refractivity contribution in [2.75, 3.05) is 5.75 Å². The van der Waals surface area contributed by atoms with E-state index in [1.807, 2.05) is 0 Å². The van der Waals surface area contributed by atoms with Crippen molar-refractivity contribution in [1.82, 2.24) is 4.98 Å². The Morgan fingerprint density at radius 1 is 1.12 bits per heavy atom. The van der Waals surface area contributed by atoms with Gasteiger partial charge in [-0.15, -0.1) is 0 Å². The fourth-order valence-corrected chi connectivity index (χ4v) is 3.54. The maximum atomic E-state index is 12.4. The van der Waals surface area contributed by atoms with Gasteiger partial charge in [-0.05, 0) is 36.0 Å². The van der Waals surface area contributed by atoms with E-state index in [0.717, 1.165) is 0 Å². The molecular weight excluding hydrogens is 363 g/mol. The molecule has 1 aromatic heterocycles. The van der Waals surface area contributed by atoms with Crippen LogP contribution in [0.3, 0.4) is 0 Å². The summed E-state index contributed by atoms with van der Waals surface area (Å²) < 4.78 is 61.4. The summed E-state index contributed by atoms with van der Waals surface area (Å²) in [6.45, 7) is 1.47. The fraction of sp³-hybridized carbons (Fsp3) is 0.200. The summed E-state index contributed by atoms with van der Waals surface area (Å²) in [4.78, 5) is 14.8. The zero-order valence-corrected chi connectivity index (χ0v) is 14.0. The molecule has 0 fully saturated rings. The van der Waals surface area contributed by atoms with E-state index in [1.54, 1.807) is 0 Å². The van der Waals surface area contributed by atoms with Crippen molar-refractivity contribution >= 4 is 27.9 Å². The van der Waals surface area contributed by atoms with Crippen molar-refractivity contribution in [3.63, 3.8) is 0 Å². The molecule has 0 aliphatic carbocycles. The number of nitrogens with zero attached hydrogens (tertiary/aromatic N) is 1. The van der Waals surface area contributed by atoms with E-state index in [9.17, 15) is 26.4 Å². The molecule has 0 aliphatic heterocycles. The second kappa shape index (κ2) is 6.94. The van der Waals surface area contributed by atoms with Crippen LogP contribution in [-0.2, 0) is 9.84 Å². The van der Waals surface area contributed by atoms with E-state index >= 15 is 0 Å². The Labute approximate surface area is 141 Å². The second-order valence-electron chi connectivity index (χ2n) is 4.68. The number of hydrogen-bond acceptors (Lipinski definition) is 5. The van der Waals surface area contributed by atoms with Crippen molar-refractivity contribution in [2.45, 2.75) is 22.2 Å². The van der Waals surface area contributed by atoms with Crippen LogP contribution in [0, 0.1) is 0 Å². The van der Waals surface area contributed by atoms with E-state index < -0.39 is 15.3 Å². The van der Waals surface area contributed by atoms with Crippen LogP contribution in [-0.4, -0.2) is 30.9 Å². The summed E-state index contributed by atoms with van der Waals surface area (Å²) in [6.07, 6.45) is 0.472. The van der Waals surface area contributed by atoms with Crippen LogP contribution in [0.5, 0.6) is 0 Å². The number of aldehydes is 1. The van der Waals surface area contributed by atoms with Crippen molar-refractivity contribution in [3.8, 4) is 11.3 Å². The summed E-state index contributed by atoms with van der Waals surface area (Å²) in [5.74, 6) is -0.163. The van der Waals surface area contributed by atoms with Crippen molar-refractivity contribution in [1.29, 1.82) is 0 Å². The Kier molecular flexibility index (Phi) is 5.34. The van der Waals surface area contributed by atoms with Gasteiger partial charge in [-0.1, -0.05) is 19.1 Å². The lowest BCUT2D eigenvalue weighted by Crippen LogP contribution is -2.08. The average molecular weight is 375 g/mol. The van der Waals surface area contributed by atoms with Gasteiger partial charge in [0.15, 0.2) is 16.1 Å². The highest BCUT2D eigenvalue weighted by Gasteiger charge is 2.29. The lowest BCUT2D eigenvalue weighted by Gasteiger charge is -2.10. The minimum Gasteiger partial charge on any atom is -0.296 e. The molecule has 0 N–H and O–H groups in total. The average Bonchev–Trinajstić information content (AvgIpc) is 2.53. The number of aromatic nitrogens is 1. The highest BCUT2D eigenvalue weighted by molar-refractivity contribution is 8.00. The van der Waals surface area contributed by atoms with Crippen LogP contribution in [0.25, 0.3) is 11.3 Å². The Balaban J connectivity index is 2.52. The summed E-state index contributed by atoms with van der Waals surface area (Å²) in [7, 11) is -3.60. The summed E-state index contributed by atoms with van der Waals surface area (Å²) in [5.41, 5.74) is -4.01. The lowest BCUT2D eigenvalue weighted by molar-refractivity contribution is -0.0328. The third kappa shape index (κ3) is 4.35.